The number of hydrogen-bond acceptors (Lipinski definition) is 9. The van der Waals surface area contributed by atoms with Crippen molar-refractivity contribution in [3.8, 4) is 11.5 Å². The number of carbonyl (C=O) groups is 1. The molecule has 3 aromatic carbocycles. The first-order valence-corrected chi connectivity index (χ1v) is 20.0. The van der Waals surface area contributed by atoms with Gasteiger partial charge in [0.2, 0.25) is 32.7 Å². The third kappa shape index (κ3) is 9.83. The molecule has 1 amide bonds. The van der Waals surface area contributed by atoms with Crippen molar-refractivity contribution in [2.24, 2.45) is 11.8 Å². The molecule has 2 N–H and O–H groups in total. The molecule has 2 heterocycles. The predicted molar refractivity (Wildman–Crippen MR) is 190 cm³/mol. The summed E-state index contributed by atoms with van der Waals surface area (Å²) >= 11 is 0. The Morgan fingerprint density at radius 2 is 1.46 bits per heavy atom. The monoisotopic (exact) mass is 728 g/mol. The highest BCUT2D eigenvalue weighted by Crippen LogP contribution is 2.35. The van der Waals surface area contributed by atoms with Gasteiger partial charge in [-0.2, -0.15) is 8.61 Å². The number of nitrogens with one attached hydrogen (secondary N) is 1. The first kappa shape index (κ1) is 37.7. The Labute approximate surface area is 296 Å². The van der Waals surface area contributed by atoms with Crippen molar-refractivity contribution in [3.63, 3.8) is 0 Å². The normalized spacial score (nSPS) is 17.5. The number of amides is 1. The highest BCUT2D eigenvalue weighted by Gasteiger charge is 2.35. The van der Waals surface area contributed by atoms with Crippen molar-refractivity contribution < 1.29 is 36.2 Å². The Hall–Kier alpha value is -3.53. The molecule has 0 spiro atoms. The molecule has 0 aliphatic carbocycles. The van der Waals surface area contributed by atoms with Gasteiger partial charge < -0.3 is 19.9 Å². The first-order chi connectivity index (χ1) is 23.8. The molecule has 0 radical (unpaired) electrons. The lowest BCUT2D eigenvalue weighted by Crippen LogP contribution is -2.53. The number of nitrogens with zero attached hydrogens (tertiary/aromatic N) is 3. The van der Waals surface area contributed by atoms with Crippen LogP contribution in [0.2, 0.25) is 0 Å². The van der Waals surface area contributed by atoms with Crippen molar-refractivity contribution in [1.29, 1.82) is 0 Å². The van der Waals surface area contributed by atoms with Gasteiger partial charge in [-0.3, -0.25) is 9.69 Å². The smallest absolute Gasteiger partial charge is 0.243 e. The van der Waals surface area contributed by atoms with Crippen LogP contribution in [0, 0.1) is 11.8 Å². The van der Waals surface area contributed by atoms with Crippen LogP contribution in [0.3, 0.4) is 0 Å². The molecule has 0 bridgehead atoms. The van der Waals surface area contributed by atoms with Gasteiger partial charge in [0.05, 0.1) is 28.7 Å². The minimum Gasteiger partial charge on any atom is -0.454 e. The average Bonchev–Trinajstić information content (AvgIpc) is 3.57. The summed E-state index contributed by atoms with van der Waals surface area (Å²) in [6, 6.07) is 22.7. The van der Waals surface area contributed by atoms with Gasteiger partial charge in [-0.05, 0) is 35.6 Å². The molecule has 14 heteroatoms. The van der Waals surface area contributed by atoms with Crippen molar-refractivity contribution >= 4 is 26.0 Å². The second-order valence-corrected chi connectivity index (χ2v) is 17.4. The molecule has 3 unspecified atom stereocenters. The Bertz CT molecular complexity index is 1780. The van der Waals surface area contributed by atoms with Crippen LogP contribution in [0.5, 0.6) is 11.5 Å². The number of ether oxygens (including phenoxy) is 2. The fourth-order valence-corrected chi connectivity index (χ4v) is 9.53. The summed E-state index contributed by atoms with van der Waals surface area (Å²) in [5.41, 5.74) is 1.98. The van der Waals surface area contributed by atoms with E-state index in [9.17, 15) is 26.7 Å². The van der Waals surface area contributed by atoms with Crippen LogP contribution in [0.25, 0.3) is 0 Å². The van der Waals surface area contributed by atoms with Gasteiger partial charge in [-0.15, -0.1) is 0 Å². The highest BCUT2D eigenvalue weighted by molar-refractivity contribution is 7.89. The average molecular weight is 729 g/mol. The lowest BCUT2D eigenvalue weighted by Gasteiger charge is -2.34. The zero-order valence-electron chi connectivity index (χ0n) is 28.8. The second-order valence-electron chi connectivity index (χ2n) is 13.4. The maximum Gasteiger partial charge on any atom is 0.243 e. The van der Waals surface area contributed by atoms with E-state index >= 15 is 0 Å². The summed E-state index contributed by atoms with van der Waals surface area (Å²) < 4.78 is 68.0. The Balaban J connectivity index is 1.26. The number of carbonyl (C=O) groups excluding carboxylic acids is 1. The molecule has 3 aromatic rings. The van der Waals surface area contributed by atoms with Crippen LogP contribution in [0.15, 0.2) is 83.8 Å². The standard InChI is InChI=1S/C36H48N4O8S2/c1-27(2)22-40(50(45,46)31-14-15-34-35(21-31)48-26-47-34)24-33(41)32(20-29-10-6-4-7-11-29)37-36(42)28(3)25-49(43,44)39-18-16-38(17-19-39)23-30-12-8-5-9-13-30/h4-15,21,27-28,32-33,41H,16-20,22-26H2,1-3H3,(H,37,42). The molecule has 1 fully saturated rings. The molecular formula is C36H48N4O8S2. The zero-order valence-corrected chi connectivity index (χ0v) is 30.5. The van der Waals surface area contributed by atoms with E-state index in [1.54, 1.807) is 6.92 Å². The molecule has 3 atom stereocenters. The minimum absolute atomic E-state index is 0.000759. The van der Waals surface area contributed by atoms with Crippen LogP contribution < -0.4 is 14.8 Å². The third-order valence-electron chi connectivity index (χ3n) is 8.91. The molecule has 0 aromatic heterocycles. The van der Waals surface area contributed by atoms with Gasteiger partial charge >= 0.3 is 0 Å². The van der Waals surface area contributed by atoms with E-state index in [2.05, 4.69) is 10.2 Å². The van der Waals surface area contributed by atoms with Gasteiger partial charge in [-0.1, -0.05) is 81.4 Å². The maximum absolute atomic E-state index is 13.9. The van der Waals surface area contributed by atoms with Gasteiger partial charge in [0.25, 0.3) is 0 Å². The van der Waals surface area contributed by atoms with E-state index in [4.69, 9.17) is 9.47 Å². The van der Waals surface area contributed by atoms with Crippen molar-refractivity contribution in [3.05, 3.63) is 90.0 Å². The van der Waals surface area contributed by atoms with Crippen LogP contribution in [-0.4, -0.2) is 105 Å². The summed E-state index contributed by atoms with van der Waals surface area (Å²) in [5.74, 6) is -1.14. The highest BCUT2D eigenvalue weighted by atomic mass is 32.2. The second kappa shape index (κ2) is 16.7. The van der Waals surface area contributed by atoms with Crippen molar-refractivity contribution in [1.82, 2.24) is 18.8 Å². The van der Waals surface area contributed by atoms with E-state index in [0.29, 0.717) is 37.7 Å². The molecule has 5 rings (SSSR count). The minimum atomic E-state index is -4.09. The van der Waals surface area contributed by atoms with Crippen LogP contribution in [0.4, 0.5) is 0 Å². The van der Waals surface area contributed by atoms with Gasteiger partial charge in [0.1, 0.15) is 0 Å². The quantitative estimate of drug-likeness (QED) is 0.228. The topological polar surface area (TPSA) is 146 Å². The van der Waals surface area contributed by atoms with E-state index in [-0.39, 0.29) is 42.9 Å². The van der Waals surface area contributed by atoms with Crippen LogP contribution >= 0.6 is 0 Å². The van der Waals surface area contributed by atoms with Crippen molar-refractivity contribution in [2.45, 2.75) is 50.8 Å². The largest absolute Gasteiger partial charge is 0.454 e. The Morgan fingerprint density at radius 3 is 2.10 bits per heavy atom. The number of hydrogen-bond donors (Lipinski definition) is 2. The van der Waals surface area contributed by atoms with Gasteiger partial charge in [0, 0.05) is 51.9 Å². The number of aliphatic hydroxyl groups excluding tert-OH is 1. The van der Waals surface area contributed by atoms with Crippen LogP contribution in [-0.2, 0) is 37.8 Å². The lowest BCUT2D eigenvalue weighted by molar-refractivity contribution is -0.125. The number of rotatable bonds is 16. The summed E-state index contributed by atoms with van der Waals surface area (Å²) in [4.78, 5) is 15.8. The first-order valence-electron chi connectivity index (χ1n) is 17.0. The maximum atomic E-state index is 13.9. The summed E-state index contributed by atoms with van der Waals surface area (Å²) in [6.07, 6.45) is -1.11. The van der Waals surface area contributed by atoms with Crippen molar-refractivity contribution in [2.75, 3.05) is 51.8 Å². The fraction of sp³-hybridized carbons (Fsp3) is 0.472. The fourth-order valence-electron chi connectivity index (χ4n) is 6.18. The number of piperazine rings is 1. The Kier molecular flexibility index (Phi) is 12.6. The molecule has 2 aliphatic heterocycles. The molecule has 12 nitrogen and oxygen atoms in total. The summed E-state index contributed by atoms with van der Waals surface area (Å²) in [7, 11) is -7.83. The number of sulfonamides is 2. The number of benzene rings is 3. The van der Waals surface area contributed by atoms with Gasteiger partial charge in [0.15, 0.2) is 11.5 Å². The molecule has 272 valence electrons. The molecule has 0 saturated carbocycles. The lowest BCUT2D eigenvalue weighted by atomic mass is 10.00. The number of fused-ring (bicyclic) bond motifs is 1. The zero-order chi connectivity index (χ0) is 35.9. The van der Waals surface area contributed by atoms with Crippen LogP contribution in [0.1, 0.15) is 31.9 Å². The van der Waals surface area contributed by atoms with Gasteiger partial charge in [-0.25, -0.2) is 16.8 Å². The SMILES string of the molecule is CC(C)CN(CC(O)C(Cc1ccccc1)NC(=O)C(C)CS(=O)(=O)N1CCN(Cc2ccccc2)CC1)S(=O)(=O)c1ccc2c(c1)OCO2. The molecule has 2 aliphatic rings. The Morgan fingerprint density at radius 1 is 0.840 bits per heavy atom. The van der Waals surface area contributed by atoms with E-state index < -0.39 is 44.0 Å². The molecule has 50 heavy (non-hydrogen) atoms. The molecule has 1 saturated heterocycles. The third-order valence-corrected chi connectivity index (χ3v) is 12.8. The number of aliphatic hydroxyl groups is 1. The molecular weight excluding hydrogens is 681 g/mol. The van der Waals surface area contributed by atoms with E-state index in [1.807, 2.05) is 74.5 Å². The predicted octanol–water partition coefficient (Wildman–Crippen LogP) is 2.93. The summed E-state index contributed by atoms with van der Waals surface area (Å²) in [5, 5.41) is 14.5. The summed E-state index contributed by atoms with van der Waals surface area (Å²) in [6.45, 7) is 7.71. The van der Waals surface area contributed by atoms with E-state index in [0.717, 1.165) is 12.1 Å². The van der Waals surface area contributed by atoms with E-state index in [1.165, 1.54) is 32.4 Å².